The first-order valence-electron chi connectivity index (χ1n) is 8.89. The molecule has 0 unspecified atom stereocenters. The highest BCUT2D eigenvalue weighted by molar-refractivity contribution is 7.14. The van der Waals surface area contributed by atoms with E-state index in [4.69, 9.17) is 18.9 Å². The zero-order valence-corrected chi connectivity index (χ0v) is 17.5. The van der Waals surface area contributed by atoms with Crippen molar-refractivity contribution in [2.75, 3.05) is 33.3 Å². The van der Waals surface area contributed by atoms with Crippen molar-refractivity contribution < 1.29 is 23.7 Å². The van der Waals surface area contributed by atoms with E-state index in [-0.39, 0.29) is 5.91 Å². The molecule has 0 bridgehead atoms. The standard InChI is InChI=1S/C21H22N2O5S/c1-5-28-19-10-13(6-8-18(19)27-4)20(24)23-21-22-16(12-29-21)15-11-14(25-2)7-9-17(15)26-3/h6-12H,5H2,1-4H3,(H,22,23,24). The number of nitrogens with zero attached hydrogens (tertiary/aromatic N) is 1. The fraction of sp³-hybridized carbons (Fsp3) is 0.238. The summed E-state index contributed by atoms with van der Waals surface area (Å²) in [6.07, 6.45) is 0. The Morgan fingerprint density at radius 2 is 1.76 bits per heavy atom. The monoisotopic (exact) mass is 414 g/mol. The molecule has 2 aromatic carbocycles. The Morgan fingerprint density at radius 3 is 2.45 bits per heavy atom. The number of rotatable bonds is 8. The third kappa shape index (κ3) is 4.60. The third-order valence-corrected chi connectivity index (χ3v) is 4.89. The van der Waals surface area contributed by atoms with Crippen molar-refractivity contribution in [1.82, 2.24) is 4.98 Å². The molecule has 8 heteroatoms. The lowest BCUT2D eigenvalue weighted by atomic mass is 10.1. The van der Waals surface area contributed by atoms with Crippen LogP contribution in [0.1, 0.15) is 17.3 Å². The minimum atomic E-state index is -0.285. The summed E-state index contributed by atoms with van der Waals surface area (Å²) in [6, 6.07) is 10.5. The van der Waals surface area contributed by atoms with Crippen molar-refractivity contribution in [2.45, 2.75) is 6.92 Å². The van der Waals surface area contributed by atoms with Crippen LogP contribution in [0.3, 0.4) is 0 Å². The first-order chi connectivity index (χ1) is 14.1. The summed E-state index contributed by atoms with van der Waals surface area (Å²) in [7, 11) is 4.76. The van der Waals surface area contributed by atoms with Gasteiger partial charge < -0.3 is 18.9 Å². The second-order valence-electron chi connectivity index (χ2n) is 5.86. The maximum absolute atomic E-state index is 12.7. The van der Waals surface area contributed by atoms with Gasteiger partial charge in [-0.1, -0.05) is 0 Å². The lowest BCUT2D eigenvalue weighted by molar-refractivity contribution is 0.102. The Morgan fingerprint density at radius 1 is 1.00 bits per heavy atom. The molecule has 3 rings (SSSR count). The maximum Gasteiger partial charge on any atom is 0.257 e. The molecule has 152 valence electrons. The van der Waals surface area contributed by atoms with E-state index in [1.807, 2.05) is 30.5 Å². The van der Waals surface area contributed by atoms with Gasteiger partial charge in [0.1, 0.15) is 11.5 Å². The second kappa shape index (κ2) is 9.29. The van der Waals surface area contributed by atoms with E-state index in [9.17, 15) is 4.79 Å². The number of aromatic nitrogens is 1. The van der Waals surface area contributed by atoms with Gasteiger partial charge in [0.15, 0.2) is 16.6 Å². The molecule has 0 aliphatic carbocycles. The van der Waals surface area contributed by atoms with Crippen molar-refractivity contribution in [3.63, 3.8) is 0 Å². The van der Waals surface area contributed by atoms with E-state index >= 15 is 0 Å². The van der Waals surface area contributed by atoms with Crippen LogP contribution in [0.2, 0.25) is 0 Å². The number of methoxy groups -OCH3 is 3. The van der Waals surface area contributed by atoms with Gasteiger partial charge in [0.05, 0.1) is 33.6 Å². The second-order valence-corrected chi connectivity index (χ2v) is 6.71. The van der Waals surface area contributed by atoms with Crippen LogP contribution < -0.4 is 24.3 Å². The first-order valence-corrected chi connectivity index (χ1v) is 9.77. The fourth-order valence-corrected chi connectivity index (χ4v) is 3.43. The number of hydrogen-bond acceptors (Lipinski definition) is 7. The fourth-order valence-electron chi connectivity index (χ4n) is 2.72. The molecular weight excluding hydrogens is 392 g/mol. The van der Waals surface area contributed by atoms with Crippen LogP contribution in [0, 0.1) is 0 Å². The molecule has 1 N–H and O–H groups in total. The molecule has 0 spiro atoms. The molecule has 0 radical (unpaired) electrons. The Balaban J connectivity index is 1.82. The maximum atomic E-state index is 12.7. The van der Waals surface area contributed by atoms with E-state index in [0.29, 0.717) is 46.0 Å². The van der Waals surface area contributed by atoms with Crippen LogP contribution in [0.4, 0.5) is 5.13 Å². The van der Waals surface area contributed by atoms with E-state index in [0.717, 1.165) is 5.56 Å². The highest BCUT2D eigenvalue weighted by Crippen LogP contribution is 2.35. The number of ether oxygens (including phenoxy) is 4. The van der Waals surface area contributed by atoms with Crippen LogP contribution in [-0.2, 0) is 0 Å². The van der Waals surface area contributed by atoms with E-state index in [1.54, 1.807) is 39.5 Å². The molecule has 0 atom stereocenters. The SMILES string of the molecule is CCOc1cc(C(=O)Nc2nc(-c3cc(OC)ccc3OC)cs2)ccc1OC. The van der Waals surface area contributed by atoms with E-state index < -0.39 is 0 Å². The molecule has 1 heterocycles. The van der Waals surface area contributed by atoms with Crippen molar-refractivity contribution >= 4 is 22.4 Å². The highest BCUT2D eigenvalue weighted by atomic mass is 32.1. The number of carbonyl (C=O) groups is 1. The van der Waals surface area contributed by atoms with Gasteiger partial charge in [0.25, 0.3) is 5.91 Å². The van der Waals surface area contributed by atoms with Gasteiger partial charge in [0.2, 0.25) is 0 Å². The smallest absolute Gasteiger partial charge is 0.257 e. The Labute approximate surface area is 173 Å². The predicted molar refractivity (Wildman–Crippen MR) is 113 cm³/mol. The third-order valence-electron chi connectivity index (χ3n) is 4.13. The van der Waals surface area contributed by atoms with Crippen LogP contribution in [0.15, 0.2) is 41.8 Å². The Kier molecular flexibility index (Phi) is 6.56. The minimum Gasteiger partial charge on any atom is -0.497 e. The van der Waals surface area contributed by atoms with E-state index in [1.165, 1.54) is 11.3 Å². The summed E-state index contributed by atoms with van der Waals surface area (Å²) >= 11 is 1.33. The number of carbonyl (C=O) groups excluding carboxylic acids is 1. The largest absolute Gasteiger partial charge is 0.497 e. The molecule has 0 aliphatic heterocycles. The zero-order valence-electron chi connectivity index (χ0n) is 16.6. The van der Waals surface area contributed by atoms with Crippen LogP contribution >= 0.6 is 11.3 Å². The van der Waals surface area contributed by atoms with Gasteiger partial charge in [0, 0.05) is 16.5 Å². The quantitative estimate of drug-likeness (QED) is 0.585. The van der Waals surface area contributed by atoms with Gasteiger partial charge in [-0.3, -0.25) is 10.1 Å². The average molecular weight is 414 g/mol. The van der Waals surface area contributed by atoms with Gasteiger partial charge >= 0.3 is 0 Å². The first kappa shape index (κ1) is 20.5. The number of anilines is 1. The van der Waals surface area contributed by atoms with E-state index in [2.05, 4.69) is 10.3 Å². The lowest BCUT2D eigenvalue weighted by Crippen LogP contribution is -2.12. The van der Waals surface area contributed by atoms with Gasteiger partial charge in [-0.2, -0.15) is 0 Å². The number of benzene rings is 2. The summed E-state index contributed by atoms with van der Waals surface area (Å²) < 4.78 is 21.5. The Bertz CT molecular complexity index is 1000. The summed E-state index contributed by atoms with van der Waals surface area (Å²) in [6.45, 7) is 2.34. The molecule has 1 amide bonds. The highest BCUT2D eigenvalue weighted by Gasteiger charge is 2.15. The number of hydrogen-bond donors (Lipinski definition) is 1. The van der Waals surface area contributed by atoms with Gasteiger partial charge in [-0.15, -0.1) is 11.3 Å². The number of thiazole rings is 1. The van der Waals surface area contributed by atoms with Crippen LogP contribution in [-0.4, -0.2) is 38.8 Å². The summed E-state index contributed by atoms with van der Waals surface area (Å²) in [5.41, 5.74) is 1.92. The summed E-state index contributed by atoms with van der Waals surface area (Å²) in [5.74, 6) is 2.17. The average Bonchev–Trinajstić information content (AvgIpc) is 3.21. The van der Waals surface area contributed by atoms with Crippen molar-refractivity contribution in [3.8, 4) is 34.3 Å². The molecule has 0 fully saturated rings. The summed E-state index contributed by atoms with van der Waals surface area (Å²) in [5, 5.41) is 5.15. The molecule has 7 nitrogen and oxygen atoms in total. The zero-order chi connectivity index (χ0) is 20.8. The van der Waals surface area contributed by atoms with Gasteiger partial charge in [-0.25, -0.2) is 4.98 Å². The van der Waals surface area contributed by atoms with Gasteiger partial charge in [-0.05, 0) is 43.3 Å². The van der Waals surface area contributed by atoms with Crippen LogP contribution in [0.25, 0.3) is 11.3 Å². The Hall–Kier alpha value is -3.26. The normalized spacial score (nSPS) is 10.3. The molecule has 0 aliphatic rings. The lowest BCUT2D eigenvalue weighted by Gasteiger charge is -2.10. The molecule has 0 saturated heterocycles. The molecule has 0 saturated carbocycles. The number of nitrogens with one attached hydrogen (secondary N) is 1. The van der Waals surface area contributed by atoms with Crippen LogP contribution in [0.5, 0.6) is 23.0 Å². The number of amides is 1. The molecule has 29 heavy (non-hydrogen) atoms. The molecule has 3 aromatic rings. The van der Waals surface area contributed by atoms with Crippen molar-refractivity contribution in [1.29, 1.82) is 0 Å². The molecule has 1 aromatic heterocycles. The minimum absolute atomic E-state index is 0.285. The van der Waals surface area contributed by atoms with Crippen molar-refractivity contribution in [3.05, 3.63) is 47.3 Å². The molecular formula is C21H22N2O5S. The topological polar surface area (TPSA) is 78.9 Å². The summed E-state index contributed by atoms with van der Waals surface area (Å²) in [4.78, 5) is 17.2. The van der Waals surface area contributed by atoms with Crippen molar-refractivity contribution in [2.24, 2.45) is 0 Å². The predicted octanol–water partition coefficient (Wildman–Crippen LogP) is 4.49.